The summed E-state index contributed by atoms with van der Waals surface area (Å²) in [6, 6.07) is 0. The molecule has 16 heavy (non-hydrogen) atoms. The highest BCUT2D eigenvalue weighted by Crippen LogP contribution is 2.04. The molecule has 1 atom stereocenters. The van der Waals surface area contributed by atoms with Gasteiger partial charge in [-0.2, -0.15) is 0 Å². The summed E-state index contributed by atoms with van der Waals surface area (Å²) in [5, 5.41) is 3.27. The minimum absolute atomic E-state index is 0.00384. The lowest BCUT2D eigenvalue weighted by atomic mass is 10.2. The van der Waals surface area contributed by atoms with Gasteiger partial charge >= 0.3 is 0 Å². The Morgan fingerprint density at radius 2 is 2.31 bits per heavy atom. The van der Waals surface area contributed by atoms with E-state index in [4.69, 9.17) is 0 Å². The molecule has 0 spiro atoms. The molecule has 4 nitrogen and oxygen atoms in total. The maximum Gasteiger partial charge on any atom is 0.267 e. The van der Waals surface area contributed by atoms with Crippen LogP contribution in [-0.2, 0) is 6.54 Å². The molecule has 0 aliphatic carbocycles. The standard InChI is InChI=1S/C11H18BrN3O/c1-4-13-5-8(2)7-15-9(3)14-6-10(12)11(15)16/h6,8,13H,4-5,7H2,1-3H3. The van der Waals surface area contributed by atoms with Crippen LogP contribution in [0.2, 0.25) is 0 Å². The third-order valence-corrected chi connectivity index (χ3v) is 2.99. The van der Waals surface area contributed by atoms with Crippen LogP contribution in [0.15, 0.2) is 15.5 Å². The van der Waals surface area contributed by atoms with Gasteiger partial charge in [0, 0.05) is 12.7 Å². The molecule has 90 valence electrons. The average molecular weight is 288 g/mol. The zero-order valence-electron chi connectivity index (χ0n) is 9.96. The molecule has 0 amide bonds. The van der Waals surface area contributed by atoms with E-state index in [2.05, 4.69) is 40.1 Å². The number of aryl methyl sites for hydroxylation is 1. The molecule has 1 N–H and O–H groups in total. The van der Waals surface area contributed by atoms with E-state index >= 15 is 0 Å². The van der Waals surface area contributed by atoms with E-state index in [0.29, 0.717) is 16.9 Å². The molecule has 0 bridgehead atoms. The molecule has 0 aliphatic rings. The summed E-state index contributed by atoms with van der Waals surface area (Å²) < 4.78 is 2.24. The summed E-state index contributed by atoms with van der Waals surface area (Å²) >= 11 is 3.21. The van der Waals surface area contributed by atoms with Crippen LogP contribution in [0, 0.1) is 12.8 Å². The Labute approximate surface area is 104 Å². The minimum atomic E-state index is -0.00384. The molecule has 0 saturated carbocycles. The van der Waals surface area contributed by atoms with Gasteiger partial charge in [-0.1, -0.05) is 13.8 Å². The first-order valence-electron chi connectivity index (χ1n) is 5.49. The third kappa shape index (κ3) is 3.42. The second-order valence-corrected chi connectivity index (χ2v) is 4.84. The van der Waals surface area contributed by atoms with Crippen LogP contribution in [0.4, 0.5) is 0 Å². The summed E-state index contributed by atoms with van der Waals surface area (Å²) in [7, 11) is 0. The van der Waals surface area contributed by atoms with Gasteiger partial charge in [0.05, 0.1) is 0 Å². The van der Waals surface area contributed by atoms with Gasteiger partial charge in [0.2, 0.25) is 0 Å². The van der Waals surface area contributed by atoms with Crippen molar-refractivity contribution in [1.82, 2.24) is 14.9 Å². The highest BCUT2D eigenvalue weighted by Gasteiger charge is 2.09. The van der Waals surface area contributed by atoms with Crippen LogP contribution >= 0.6 is 15.9 Å². The van der Waals surface area contributed by atoms with Crippen molar-refractivity contribution in [3.63, 3.8) is 0 Å². The Kier molecular flexibility index (Phi) is 5.15. The fourth-order valence-corrected chi connectivity index (χ4v) is 1.85. The van der Waals surface area contributed by atoms with Crippen molar-refractivity contribution in [2.24, 2.45) is 5.92 Å². The highest BCUT2D eigenvalue weighted by molar-refractivity contribution is 9.10. The number of aromatic nitrogens is 2. The summed E-state index contributed by atoms with van der Waals surface area (Å²) in [4.78, 5) is 16.0. The summed E-state index contributed by atoms with van der Waals surface area (Å²) in [6.45, 7) is 8.61. The van der Waals surface area contributed by atoms with Crippen LogP contribution in [-0.4, -0.2) is 22.6 Å². The van der Waals surface area contributed by atoms with E-state index < -0.39 is 0 Å². The molecule has 0 aromatic carbocycles. The lowest BCUT2D eigenvalue weighted by molar-refractivity contribution is 0.434. The van der Waals surface area contributed by atoms with Gasteiger partial charge in [-0.25, -0.2) is 4.98 Å². The van der Waals surface area contributed by atoms with Gasteiger partial charge in [-0.15, -0.1) is 0 Å². The lowest BCUT2D eigenvalue weighted by Crippen LogP contribution is -2.30. The van der Waals surface area contributed by atoms with Crippen LogP contribution < -0.4 is 10.9 Å². The summed E-state index contributed by atoms with van der Waals surface area (Å²) in [5.74, 6) is 1.17. The second kappa shape index (κ2) is 6.15. The number of halogens is 1. The largest absolute Gasteiger partial charge is 0.317 e. The fraction of sp³-hybridized carbons (Fsp3) is 0.636. The van der Waals surface area contributed by atoms with E-state index in [1.165, 1.54) is 0 Å². The lowest BCUT2D eigenvalue weighted by Gasteiger charge is -2.15. The van der Waals surface area contributed by atoms with Gasteiger partial charge in [-0.3, -0.25) is 9.36 Å². The van der Waals surface area contributed by atoms with Crippen molar-refractivity contribution in [2.75, 3.05) is 13.1 Å². The SMILES string of the molecule is CCNCC(C)Cn1c(C)ncc(Br)c1=O. The van der Waals surface area contributed by atoms with E-state index in [1.807, 2.05) is 6.92 Å². The van der Waals surface area contributed by atoms with Crippen molar-refractivity contribution in [1.29, 1.82) is 0 Å². The second-order valence-electron chi connectivity index (χ2n) is 3.98. The molecule has 0 fully saturated rings. The fourth-order valence-electron chi connectivity index (χ4n) is 1.53. The Morgan fingerprint density at radius 3 is 2.94 bits per heavy atom. The van der Waals surface area contributed by atoms with E-state index in [0.717, 1.165) is 18.9 Å². The topological polar surface area (TPSA) is 46.9 Å². The van der Waals surface area contributed by atoms with Gasteiger partial charge in [0.1, 0.15) is 10.3 Å². The van der Waals surface area contributed by atoms with Gasteiger partial charge in [0.25, 0.3) is 5.56 Å². The Morgan fingerprint density at radius 1 is 1.62 bits per heavy atom. The van der Waals surface area contributed by atoms with Gasteiger partial charge in [0.15, 0.2) is 0 Å². The quantitative estimate of drug-likeness (QED) is 0.894. The summed E-state index contributed by atoms with van der Waals surface area (Å²) in [5.41, 5.74) is -0.00384. The van der Waals surface area contributed by atoms with E-state index in [1.54, 1.807) is 10.8 Å². The number of hydrogen-bond acceptors (Lipinski definition) is 3. The zero-order valence-corrected chi connectivity index (χ0v) is 11.5. The van der Waals surface area contributed by atoms with Gasteiger partial charge < -0.3 is 5.32 Å². The molecule has 1 heterocycles. The number of hydrogen-bond donors (Lipinski definition) is 1. The maximum atomic E-state index is 11.9. The third-order valence-electron chi connectivity index (χ3n) is 2.44. The van der Waals surface area contributed by atoms with Crippen LogP contribution in [0.3, 0.4) is 0 Å². The highest BCUT2D eigenvalue weighted by atomic mass is 79.9. The number of rotatable bonds is 5. The maximum absolute atomic E-state index is 11.9. The molecule has 5 heteroatoms. The molecular formula is C11H18BrN3O. The van der Waals surface area contributed by atoms with Crippen molar-refractivity contribution in [3.8, 4) is 0 Å². The van der Waals surface area contributed by atoms with Crippen molar-refractivity contribution in [2.45, 2.75) is 27.3 Å². The van der Waals surface area contributed by atoms with Crippen molar-refractivity contribution >= 4 is 15.9 Å². The predicted molar refractivity (Wildman–Crippen MR) is 68.6 cm³/mol. The Balaban J connectivity index is 2.80. The first-order valence-corrected chi connectivity index (χ1v) is 6.28. The molecule has 1 rings (SSSR count). The number of nitrogens with one attached hydrogen (secondary N) is 1. The number of nitrogens with zero attached hydrogens (tertiary/aromatic N) is 2. The Bertz CT molecular complexity index is 403. The van der Waals surface area contributed by atoms with E-state index in [9.17, 15) is 4.79 Å². The first-order chi connectivity index (χ1) is 7.56. The first kappa shape index (κ1) is 13.4. The van der Waals surface area contributed by atoms with Gasteiger partial charge in [-0.05, 0) is 41.9 Å². The normalized spacial score (nSPS) is 12.8. The van der Waals surface area contributed by atoms with Crippen LogP contribution in [0.1, 0.15) is 19.7 Å². The molecule has 0 radical (unpaired) electrons. The minimum Gasteiger partial charge on any atom is -0.317 e. The molecular weight excluding hydrogens is 270 g/mol. The van der Waals surface area contributed by atoms with Crippen LogP contribution in [0.25, 0.3) is 0 Å². The molecule has 1 unspecified atom stereocenters. The molecule has 1 aromatic rings. The monoisotopic (exact) mass is 287 g/mol. The van der Waals surface area contributed by atoms with E-state index in [-0.39, 0.29) is 5.56 Å². The zero-order chi connectivity index (χ0) is 12.1. The van der Waals surface area contributed by atoms with Crippen molar-refractivity contribution < 1.29 is 0 Å². The molecule has 1 aromatic heterocycles. The Hall–Kier alpha value is -0.680. The average Bonchev–Trinajstić information content (AvgIpc) is 2.27. The smallest absolute Gasteiger partial charge is 0.267 e. The molecule has 0 aliphatic heterocycles. The van der Waals surface area contributed by atoms with Crippen LogP contribution in [0.5, 0.6) is 0 Å². The predicted octanol–water partition coefficient (Wildman–Crippen LogP) is 1.56. The molecule has 0 saturated heterocycles. The van der Waals surface area contributed by atoms with Crippen molar-refractivity contribution in [3.05, 3.63) is 26.8 Å². The summed E-state index contributed by atoms with van der Waals surface area (Å²) in [6.07, 6.45) is 1.56.